The Hall–Kier alpha value is -1.24. The molecule has 1 rings (SSSR count). The van der Waals surface area contributed by atoms with Crippen LogP contribution in [-0.4, -0.2) is 50.1 Å². The molecule has 6 nitrogen and oxygen atoms in total. The van der Waals surface area contributed by atoms with Crippen LogP contribution in [0.5, 0.6) is 0 Å². The van der Waals surface area contributed by atoms with E-state index in [1.165, 1.54) is 0 Å². The Morgan fingerprint density at radius 3 is 2.50 bits per heavy atom. The molecular formula is C12H21N3O3. The number of rotatable bonds is 10. The minimum atomic E-state index is 0.451. The van der Waals surface area contributed by atoms with Gasteiger partial charge in [0.15, 0.2) is 0 Å². The van der Waals surface area contributed by atoms with Gasteiger partial charge >= 0.3 is 0 Å². The third-order valence-electron chi connectivity index (χ3n) is 2.12. The van der Waals surface area contributed by atoms with Gasteiger partial charge in [-0.3, -0.25) is 4.98 Å². The molecule has 0 unspecified atom stereocenters. The summed E-state index contributed by atoms with van der Waals surface area (Å²) in [7, 11) is 1.65. The average Bonchev–Trinajstić information content (AvgIpc) is 2.40. The van der Waals surface area contributed by atoms with Crippen LogP contribution in [0.25, 0.3) is 0 Å². The normalized spacial score (nSPS) is 10.6. The molecule has 0 aliphatic rings. The van der Waals surface area contributed by atoms with Crippen molar-refractivity contribution < 1.29 is 14.2 Å². The van der Waals surface area contributed by atoms with Gasteiger partial charge in [-0.15, -0.1) is 0 Å². The Morgan fingerprint density at radius 1 is 1.06 bits per heavy atom. The van der Waals surface area contributed by atoms with Gasteiger partial charge in [-0.05, 0) is 6.92 Å². The van der Waals surface area contributed by atoms with E-state index in [0.717, 1.165) is 18.1 Å². The quantitative estimate of drug-likeness (QED) is 0.631. The highest BCUT2D eigenvalue weighted by Crippen LogP contribution is 2.01. The van der Waals surface area contributed by atoms with Crippen molar-refractivity contribution in [2.45, 2.75) is 13.5 Å². The predicted octanol–water partition coefficient (Wildman–Crippen LogP) is 1.09. The summed E-state index contributed by atoms with van der Waals surface area (Å²) in [6.45, 7) is 5.61. The molecule has 0 aliphatic carbocycles. The largest absolute Gasteiger partial charge is 0.382 e. The van der Waals surface area contributed by atoms with Crippen molar-refractivity contribution in [2.75, 3.05) is 45.4 Å². The molecule has 0 aliphatic heterocycles. The van der Waals surface area contributed by atoms with Crippen molar-refractivity contribution in [2.24, 2.45) is 0 Å². The van der Waals surface area contributed by atoms with Crippen LogP contribution in [0.2, 0.25) is 0 Å². The minimum absolute atomic E-state index is 0.451. The van der Waals surface area contributed by atoms with E-state index in [2.05, 4.69) is 15.3 Å². The number of aromatic nitrogens is 2. The Balaban J connectivity index is 2.08. The van der Waals surface area contributed by atoms with Crippen molar-refractivity contribution >= 4 is 5.82 Å². The summed E-state index contributed by atoms with van der Waals surface area (Å²) in [5.74, 6) is 0.782. The second-order valence-electron chi connectivity index (χ2n) is 3.58. The minimum Gasteiger partial charge on any atom is -0.382 e. The van der Waals surface area contributed by atoms with E-state index in [-0.39, 0.29) is 0 Å². The first-order valence-electron chi connectivity index (χ1n) is 6.06. The second kappa shape index (κ2) is 9.76. The van der Waals surface area contributed by atoms with Crippen LogP contribution in [0.15, 0.2) is 12.4 Å². The molecule has 1 aromatic rings. The molecule has 18 heavy (non-hydrogen) atoms. The predicted molar refractivity (Wildman–Crippen MR) is 68.5 cm³/mol. The molecule has 0 fully saturated rings. The van der Waals surface area contributed by atoms with Gasteiger partial charge in [0.05, 0.1) is 51.1 Å². The summed E-state index contributed by atoms with van der Waals surface area (Å²) in [5, 5.41) is 3.08. The Kier molecular flexibility index (Phi) is 8.03. The first kappa shape index (κ1) is 14.8. The van der Waals surface area contributed by atoms with Crippen molar-refractivity contribution in [3.63, 3.8) is 0 Å². The van der Waals surface area contributed by atoms with E-state index in [0.29, 0.717) is 33.0 Å². The molecular weight excluding hydrogens is 234 g/mol. The molecule has 102 valence electrons. The number of ether oxygens (including phenoxy) is 3. The third kappa shape index (κ3) is 6.48. The lowest BCUT2D eigenvalue weighted by Gasteiger charge is -2.06. The van der Waals surface area contributed by atoms with Gasteiger partial charge in [-0.2, -0.15) is 0 Å². The smallest absolute Gasteiger partial charge is 0.144 e. The zero-order valence-electron chi connectivity index (χ0n) is 11.0. The van der Waals surface area contributed by atoms with Gasteiger partial charge in [0.1, 0.15) is 5.82 Å². The van der Waals surface area contributed by atoms with E-state index >= 15 is 0 Å². The fourth-order valence-electron chi connectivity index (χ4n) is 1.24. The fraction of sp³-hybridized carbons (Fsp3) is 0.667. The summed E-state index contributed by atoms with van der Waals surface area (Å²) in [6.07, 6.45) is 3.42. The van der Waals surface area contributed by atoms with Crippen LogP contribution in [-0.2, 0) is 20.8 Å². The van der Waals surface area contributed by atoms with Crippen LogP contribution in [0, 0.1) is 0 Å². The first-order chi connectivity index (χ1) is 8.86. The second-order valence-corrected chi connectivity index (χ2v) is 3.58. The molecule has 0 bridgehead atoms. The number of hydrogen-bond donors (Lipinski definition) is 1. The standard InChI is InChI=1S/C12H21N3O3/c1-3-13-12-9-14-11(8-15-12)10-18-7-6-17-5-4-16-2/h8-9H,3-7,10H2,1-2H3,(H,13,15). The molecule has 6 heteroatoms. The average molecular weight is 255 g/mol. The van der Waals surface area contributed by atoms with Gasteiger partial charge in [0.25, 0.3) is 0 Å². The monoisotopic (exact) mass is 255 g/mol. The highest BCUT2D eigenvalue weighted by molar-refractivity contribution is 5.30. The molecule has 0 spiro atoms. The molecule has 0 saturated carbocycles. The third-order valence-corrected chi connectivity index (χ3v) is 2.12. The Bertz CT molecular complexity index is 306. The molecule has 1 N–H and O–H groups in total. The summed E-state index contributed by atoms with van der Waals surface area (Å²) >= 11 is 0. The maximum atomic E-state index is 5.41. The lowest BCUT2D eigenvalue weighted by Crippen LogP contribution is -2.09. The van der Waals surface area contributed by atoms with Gasteiger partial charge < -0.3 is 19.5 Å². The van der Waals surface area contributed by atoms with E-state index in [4.69, 9.17) is 14.2 Å². The van der Waals surface area contributed by atoms with Crippen molar-refractivity contribution in [3.05, 3.63) is 18.1 Å². The van der Waals surface area contributed by atoms with Gasteiger partial charge in [0, 0.05) is 13.7 Å². The molecule has 0 aromatic carbocycles. The molecule has 0 saturated heterocycles. The van der Waals surface area contributed by atoms with Gasteiger partial charge in [-0.25, -0.2) is 4.98 Å². The number of anilines is 1. The maximum absolute atomic E-state index is 5.41. The fourth-order valence-corrected chi connectivity index (χ4v) is 1.24. The molecule has 0 amide bonds. The van der Waals surface area contributed by atoms with Crippen LogP contribution in [0.1, 0.15) is 12.6 Å². The summed E-state index contributed by atoms with van der Waals surface area (Å²) in [4.78, 5) is 8.44. The number of nitrogens with one attached hydrogen (secondary N) is 1. The summed E-state index contributed by atoms with van der Waals surface area (Å²) in [6, 6.07) is 0. The highest BCUT2D eigenvalue weighted by atomic mass is 16.5. The zero-order chi connectivity index (χ0) is 13.1. The van der Waals surface area contributed by atoms with Crippen molar-refractivity contribution in [1.82, 2.24) is 9.97 Å². The van der Waals surface area contributed by atoms with E-state index in [9.17, 15) is 0 Å². The van der Waals surface area contributed by atoms with Gasteiger partial charge in [0.2, 0.25) is 0 Å². The van der Waals surface area contributed by atoms with E-state index in [1.54, 1.807) is 19.5 Å². The van der Waals surface area contributed by atoms with E-state index < -0.39 is 0 Å². The number of hydrogen-bond acceptors (Lipinski definition) is 6. The lowest BCUT2D eigenvalue weighted by atomic mass is 10.5. The Morgan fingerprint density at radius 2 is 1.83 bits per heavy atom. The first-order valence-corrected chi connectivity index (χ1v) is 6.06. The maximum Gasteiger partial charge on any atom is 0.144 e. The Labute approximate surface area is 108 Å². The van der Waals surface area contributed by atoms with Crippen molar-refractivity contribution in [3.8, 4) is 0 Å². The van der Waals surface area contributed by atoms with Crippen LogP contribution >= 0.6 is 0 Å². The summed E-state index contributed by atoms with van der Waals surface area (Å²) in [5.41, 5.74) is 0.813. The van der Waals surface area contributed by atoms with Gasteiger partial charge in [-0.1, -0.05) is 0 Å². The molecule has 1 heterocycles. The SMILES string of the molecule is CCNc1cnc(COCCOCCOC)cn1. The van der Waals surface area contributed by atoms with Crippen molar-refractivity contribution in [1.29, 1.82) is 0 Å². The zero-order valence-corrected chi connectivity index (χ0v) is 11.0. The number of nitrogens with zero attached hydrogens (tertiary/aromatic N) is 2. The topological polar surface area (TPSA) is 65.5 Å². The molecule has 1 aromatic heterocycles. The highest BCUT2D eigenvalue weighted by Gasteiger charge is 1.97. The van der Waals surface area contributed by atoms with Crippen LogP contribution < -0.4 is 5.32 Å². The molecule has 0 atom stereocenters. The van der Waals surface area contributed by atoms with E-state index in [1.807, 2.05) is 6.92 Å². The lowest BCUT2D eigenvalue weighted by molar-refractivity contribution is 0.0192. The number of methoxy groups -OCH3 is 1. The summed E-state index contributed by atoms with van der Waals surface area (Å²) < 4.78 is 15.5. The van der Waals surface area contributed by atoms with Crippen LogP contribution in [0.4, 0.5) is 5.82 Å². The van der Waals surface area contributed by atoms with Crippen LogP contribution in [0.3, 0.4) is 0 Å². The molecule has 0 radical (unpaired) electrons.